The lowest BCUT2D eigenvalue weighted by atomic mass is 10.0. The number of hydrogen-bond acceptors (Lipinski definition) is 3. The summed E-state index contributed by atoms with van der Waals surface area (Å²) in [6, 6.07) is 10.2. The van der Waals surface area contributed by atoms with Crippen LogP contribution in [0.1, 0.15) is 25.0 Å². The van der Waals surface area contributed by atoms with Gasteiger partial charge in [0, 0.05) is 17.7 Å². The fraction of sp³-hybridized carbons (Fsp3) is 0.316. The van der Waals surface area contributed by atoms with Crippen LogP contribution in [-0.4, -0.2) is 18.1 Å². The number of benzene rings is 2. The molecule has 0 saturated carbocycles. The molecule has 0 unspecified atom stereocenters. The maximum absolute atomic E-state index is 13.5. The zero-order chi connectivity index (χ0) is 17.3. The van der Waals surface area contributed by atoms with Crippen LogP contribution in [-0.2, 0) is 11.2 Å². The van der Waals surface area contributed by atoms with Gasteiger partial charge in [-0.3, -0.25) is 4.79 Å². The van der Waals surface area contributed by atoms with E-state index in [2.05, 4.69) is 5.32 Å². The summed E-state index contributed by atoms with van der Waals surface area (Å²) in [5.41, 5.74) is 1.73. The second-order valence-corrected chi connectivity index (χ2v) is 6.58. The molecule has 2 aromatic carbocycles. The average Bonchev–Trinajstić information content (AvgIpc) is 2.83. The molecule has 0 spiro atoms. The van der Waals surface area contributed by atoms with Gasteiger partial charge in [0.25, 0.3) is 5.91 Å². The minimum Gasteiger partial charge on any atom is -0.483 e. The van der Waals surface area contributed by atoms with E-state index in [9.17, 15) is 9.18 Å². The van der Waals surface area contributed by atoms with Crippen LogP contribution in [0.3, 0.4) is 0 Å². The molecule has 126 valence electrons. The molecular formula is C19H20FNO3. The summed E-state index contributed by atoms with van der Waals surface area (Å²) in [4.78, 5) is 12.0. The van der Waals surface area contributed by atoms with Crippen LogP contribution < -0.4 is 14.8 Å². The molecule has 1 aliphatic rings. The van der Waals surface area contributed by atoms with E-state index in [1.54, 1.807) is 25.1 Å². The highest BCUT2D eigenvalue weighted by molar-refractivity contribution is 5.91. The zero-order valence-electron chi connectivity index (χ0n) is 14.0. The lowest BCUT2D eigenvalue weighted by Crippen LogP contribution is -2.25. The first-order chi connectivity index (χ1) is 11.3. The lowest BCUT2D eigenvalue weighted by Gasteiger charge is -2.18. The first kappa shape index (κ1) is 16.3. The normalized spacial score (nSPS) is 14.7. The van der Waals surface area contributed by atoms with Crippen LogP contribution in [0, 0.1) is 12.7 Å². The quantitative estimate of drug-likeness (QED) is 0.926. The molecule has 4 nitrogen and oxygen atoms in total. The first-order valence-corrected chi connectivity index (χ1v) is 7.84. The molecular weight excluding hydrogens is 309 g/mol. The molecule has 1 N–H and O–H groups in total. The van der Waals surface area contributed by atoms with Gasteiger partial charge in [-0.1, -0.05) is 18.2 Å². The fourth-order valence-corrected chi connectivity index (χ4v) is 2.71. The summed E-state index contributed by atoms with van der Waals surface area (Å²) < 4.78 is 25.0. The van der Waals surface area contributed by atoms with E-state index in [4.69, 9.17) is 9.47 Å². The Morgan fingerprint density at radius 1 is 1.33 bits per heavy atom. The Morgan fingerprint density at radius 3 is 2.88 bits per heavy atom. The van der Waals surface area contributed by atoms with Gasteiger partial charge in [0.15, 0.2) is 18.1 Å². The van der Waals surface area contributed by atoms with Crippen molar-refractivity contribution in [2.24, 2.45) is 0 Å². The number of fused-ring (bicyclic) bond motifs is 1. The highest BCUT2D eigenvalue weighted by atomic mass is 19.1. The summed E-state index contributed by atoms with van der Waals surface area (Å²) in [6.07, 6.45) is 0.800. The standard InChI is InChI=1S/C19H20FNO3/c1-12-7-8-14(9-15(12)20)21-17(22)11-23-16-6-4-5-13-10-19(2,3)24-18(13)16/h4-9H,10-11H2,1-3H3,(H,21,22). The molecule has 3 rings (SSSR count). The SMILES string of the molecule is Cc1ccc(NC(=O)COc2cccc3c2OC(C)(C)C3)cc1F. The van der Waals surface area contributed by atoms with Crippen molar-refractivity contribution >= 4 is 11.6 Å². The highest BCUT2D eigenvalue weighted by Crippen LogP contribution is 2.41. The summed E-state index contributed by atoms with van der Waals surface area (Å²) in [5, 5.41) is 2.62. The average molecular weight is 329 g/mol. The van der Waals surface area contributed by atoms with Gasteiger partial charge < -0.3 is 14.8 Å². The van der Waals surface area contributed by atoms with Crippen LogP contribution in [0.25, 0.3) is 0 Å². The molecule has 0 fully saturated rings. The van der Waals surface area contributed by atoms with E-state index in [0.29, 0.717) is 22.7 Å². The van der Waals surface area contributed by atoms with Gasteiger partial charge in [0.1, 0.15) is 11.4 Å². The molecule has 0 bridgehead atoms. The highest BCUT2D eigenvalue weighted by Gasteiger charge is 2.32. The Bertz CT molecular complexity index is 786. The smallest absolute Gasteiger partial charge is 0.262 e. The Kier molecular flexibility index (Phi) is 4.18. The molecule has 1 amide bonds. The van der Waals surface area contributed by atoms with Gasteiger partial charge >= 0.3 is 0 Å². The molecule has 5 heteroatoms. The number of amides is 1. The van der Waals surface area contributed by atoms with E-state index in [0.717, 1.165) is 12.0 Å². The number of rotatable bonds is 4. The van der Waals surface area contributed by atoms with Gasteiger partial charge in [-0.15, -0.1) is 0 Å². The third-order valence-corrected chi connectivity index (χ3v) is 3.87. The minimum atomic E-state index is -0.356. The van der Waals surface area contributed by atoms with Crippen LogP contribution in [0.5, 0.6) is 11.5 Å². The number of ether oxygens (including phenoxy) is 2. The molecule has 0 atom stereocenters. The number of para-hydroxylation sites is 1. The third kappa shape index (κ3) is 3.50. The number of anilines is 1. The number of carbonyl (C=O) groups excluding carboxylic acids is 1. The largest absolute Gasteiger partial charge is 0.483 e. The minimum absolute atomic E-state index is 0.171. The lowest BCUT2D eigenvalue weighted by molar-refractivity contribution is -0.118. The first-order valence-electron chi connectivity index (χ1n) is 7.84. The third-order valence-electron chi connectivity index (χ3n) is 3.87. The summed E-state index contributed by atoms with van der Waals surface area (Å²) in [5.74, 6) is 0.526. The van der Waals surface area contributed by atoms with Crippen molar-refractivity contribution in [3.05, 3.63) is 53.3 Å². The van der Waals surface area contributed by atoms with Gasteiger partial charge in [0.05, 0.1) is 0 Å². The number of carbonyl (C=O) groups is 1. The van der Waals surface area contributed by atoms with Gasteiger partial charge in [-0.25, -0.2) is 4.39 Å². The van der Waals surface area contributed by atoms with Crippen molar-refractivity contribution in [3.63, 3.8) is 0 Å². The fourth-order valence-electron chi connectivity index (χ4n) is 2.71. The van der Waals surface area contributed by atoms with E-state index in [1.165, 1.54) is 6.07 Å². The molecule has 24 heavy (non-hydrogen) atoms. The molecule has 0 aliphatic carbocycles. The second-order valence-electron chi connectivity index (χ2n) is 6.58. The van der Waals surface area contributed by atoms with Gasteiger partial charge in [0.2, 0.25) is 0 Å². The van der Waals surface area contributed by atoms with E-state index >= 15 is 0 Å². The Hall–Kier alpha value is -2.56. The predicted octanol–water partition coefficient (Wildman–Crippen LogP) is 3.87. The number of aryl methyl sites for hydroxylation is 1. The maximum Gasteiger partial charge on any atom is 0.262 e. The Balaban J connectivity index is 1.63. The van der Waals surface area contributed by atoms with Crippen LogP contribution in [0.4, 0.5) is 10.1 Å². The van der Waals surface area contributed by atoms with E-state index in [-0.39, 0.29) is 23.9 Å². The number of nitrogens with one attached hydrogen (secondary N) is 1. The number of hydrogen-bond donors (Lipinski definition) is 1. The second kappa shape index (κ2) is 6.15. The van der Waals surface area contributed by atoms with Crippen molar-refractivity contribution in [2.45, 2.75) is 32.8 Å². The Labute approximate surface area is 140 Å². The van der Waals surface area contributed by atoms with Crippen molar-refractivity contribution in [1.29, 1.82) is 0 Å². The van der Waals surface area contributed by atoms with Crippen molar-refractivity contribution < 1.29 is 18.7 Å². The monoisotopic (exact) mass is 329 g/mol. The predicted molar refractivity (Wildman–Crippen MR) is 90.1 cm³/mol. The molecule has 1 aliphatic heterocycles. The molecule has 0 aromatic heterocycles. The van der Waals surface area contributed by atoms with Crippen LogP contribution in [0.15, 0.2) is 36.4 Å². The van der Waals surface area contributed by atoms with E-state index < -0.39 is 0 Å². The number of halogens is 1. The topological polar surface area (TPSA) is 47.6 Å². The zero-order valence-corrected chi connectivity index (χ0v) is 14.0. The van der Waals surface area contributed by atoms with Crippen molar-refractivity contribution in [2.75, 3.05) is 11.9 Å². The van der Waals surface area contributed by atoms with Gasteiger partial charge in [-0.2, -0.15) is 0 Å². The summed E-state index contributed by atoms with van der Waals surface area (Å²) in [6.45, 7) is 5.52. The molecule has 1 heterocycles. The van der Waals surface area contributed by atoms with Crippen molar-refractivity contribution in [3.8, 4) is 11.5 Å². The van der Waals surface area contributed by atoms with Crippen LogP contribution in [0.2, 0.25) is 0 Å². The summed E-state index contributed by atoms with van der Waals surface area (Å²) >= 11 is 0. The van der Waals surface area contributed by atoms with Crippen molar-refractivity contribution in [1.82, 2.24) is 0 Å². The molecule has 2 aromatic rings. The van der Waals surface area contributed by atoms with Crippen LogP contribution >= 0.6 is 0 Å². The summed E-state index contributed by atoms with van der Waals surface area (Å²) in [7, 11) is 0. The van der Waals surface area contributed by atoms with E-state index in [1.807, 2.05) is 26.0 Å². The molecule has 0 saturated heterocycles. The maximum atomic E-state index is 13.5. The molecule has 0 radical (unpaired) electrons. The van der Waals surface area contributed by atoms with Gasteiger partial charge in [-0.05, 0) is 44.5 Å². The Morgan fingerprint density at radius 2 is 2.12 bits per heavy atom.